The van der Waals surface area contributed by atoms with Crippen molar-refractivity contribution < 1.29 is 15.0 Å². The lowest BCUT2D eigenvalue weighted by molar-refractivity contribution is -0.136. The number of anilines is 2. The summed E-state index contributed by atoms with van der Waals surface area (Å²) >= 11 is 1.58. The number of nitrogens with one attached hydrogen (secondary N) is 1. The fourth-order valence-electron chi connectivity index (χ4n) is 3.59. The minimum atomic E-state index is -0.857. The van der Waals surface area contributed by atoms with Crippen LogP contribution < -0.4 is 5.32 Å². The van der Waals surface area contributed by atoms with Crippen LogP contribution in [0.1, 0.15) is 49.1 Å². The number of aliphatic hydroxyl groups is 1. The molecule has 0 unspecified atom stereocenters. The molecule has 2 heterocycles. The largest absolute Gasteiger partial charge is 0.512 e. The summed E-state index contributed by atoms with van der Waals surface area (Å²) in [7, 11) is 0. The number of rotatable bonds is 12. The summed E-state index contributed by atoms with van der Waals surface area (Å²) in [5, 5.41) is 24.2. The van der Waals surface area contributed by atoms with E-state index in [1.807, 2.05) is 38.1 Å². The molecule has 3 N–H and O–H groups in total. The van der Waals surface area contributed by atoms with E-state index in [2.05, 4.69) is 42.4 Å². The van der Waals surface area contributed by atoms with Crippen LogP contribution in [-0.2, 0) is 17.6 Å². The van der Waals surface area contributed by atoms with Gasteiger partial charge in [0.25, 0.3) is 0 Å². The number of aromatic nitrogens is 2. The molecular weight excluding hydrogens is 482 g/mol. The summed E-state index contributed by atoms with van der Waals surface area (Å²) < 4.78 is 0. The lowest BCUT2D eigenvalue weighted by Crippen LogP contribution is -2.05. The van der Waals surface area contributed by atoms with Crippen molar-refractivity contribution in [1.82, 2.24) is 9.97 Å². The molecule has 3 rings (SSSR count). The normalized spacial score (nSPS) is 12.2. The third kappa shape index (κ3) is 8.02. The molecule has 2 aromatic heterocycles. The van der Waals surface area contributed by atoms with Gasteiger partial charge in [-0.2, -0.15) is 0 Å². The van der Waals surface area contributed by atoms with Gasteiger partial charge in [-0.3, -0.25) is 4.79 Å². The second-order valence-electron chi connectivity index (χ2n) is 8.53. The number of aryl methyl sites for hydroxylation is 1. The summed E-state index contributed by atoms with van der Waals surface area (Å²) in [4.78, 5) is 21.5. The van der Waals surface area contributed by atoms with Gasteiger partial charge < -0.3 is 15.5 Å². The lowest BCUT2D eigenvalue weighted by Gasteiger charge is -2.14. The molecule has 0 aliphatic heterocycles. The number of nitrogens with zero attached hydrogens (tertiary/aromatic N) is 2. The van der Waals surface area contributed by atoms with Crippen LogP contribution in [-0.4, -0.2) is 26.2 Å². The predicted octanol–water partition coefficient (Wildman–Crippen LogP) is 7.81. The van der Waals surface area contributed by atoms with Gasteiger partial charge >= 0.3 is 5.97 Å². The third-order valence-electron chi connectivity index (χ3n) is 5.72. The Morgan fingerprint density at radius 1 is 1.11 bits per heavy atom. The van der Waals surface area contributed by atoms with Gasteiger partial charge in [0, 0.05) is 23.4 Å². The van der Waals surface area contributed by atoms with Crippen molar-refractivity contribution in [3.63, 3.8) is 0 Å². The maximum atomic E-state index is 11.0. The number of hydrogen-bond acceptors (Lipinski definition) is 6. The first-order valence-corrected chi connectivity index (χ1v) is 13.1. The zero-order chi connectivity index (χ0) is 26.8. The van der Waals surface area contributed by atoms with E-state index in [0.29, 0.717) is 30.2 Å². The monoisotopic (exact) mass is 515 g/mol. The molecule has 0 amide bonds. The Labute approximate surface area is 222 Å². The molecule has 6 nitrogen and oxygen atoms in total. The van der Waals surface area contributed by atoms with Gasteiger partial charge in [-0.25, -0.2) is 9.97 Å². The van der Waals surface area contributed by atoms with E-state index in [4.69, 9.17) is 15.1 Å². The fourth-order valence-corrected chi connectivity index (χ4v) is 4.40. The van der Waals surface area contributed by atoms with Crippen molar-refractivity contribution >= 4 is 34.9 Å². The van der Waals surface area contributed by atoms with Gasteiger partial charge in [-0.15, -0.1) is 17.9 Å². The first kappa shape index (κ1) is 27.6. The van der Waals surface area contributed by atoms with E-state index in [-0.39, 0.29) is 6.42 Å². The topological polar surface area (TPSA) is 95.3 Å². The van der Waals surface area contributed by atoms with Crippen LogP contribution in [0.5, 0.6) is 0 Å². The van der Waals surface area contributed by atoms with E-state index < -0.39 is 5.97 Å². The zero-order valence-corrected chi connectivity index (χ0v) is 22.3. The number of benzene rings is 1. The summed E-state index contributed by atoms with van der Waals surface area (Å²) in [5.74, 6) is 0.856. The highest BCUT2D eigenvalue weighted by Crippen LogP contribution is 2.30. The molecule has 0 fully saturated rings. The van der Waals surface area contributed by atoms with Crippen LogP contribution in [0.25, 0.3) is 16.8 Å². The van der Waals surface area contributed by atoms with Crippen LogP contribution in [0.15, 0.2) is 77.9 Å². The number of carboxylic acids is 1. The van der Waals surface area contributed by atoms with E-state index in [1.54, 1.807) is 29.5 Å². The number of thiophene rings is 1. The van der Waals surface area contributed by atoms with Gasteiger partial charge in [-0.05, 0) is 66.1 Å². The maximum Gasteiger partial charge on any atom is 0.307 e. The van der Waals surface area contributed by atoms with Crippen LogP contribution in [0.4, 0.5) is 11.5 Å². The highest BCUT2D eigenvalue weighted by Gasteiger charge is 2.14. The summed E-state index contributed by atoms with van der Waals surface area (Å²) in [5.41, 5.74) is 5.57. The van der Waals surface area contributed by atoms with Crippen molar-refractivity contribution in [2.45, 2.75) is 46.5 Å². The van der Waals surface area contributed by atoms with Crippen LogP contribution in [0, 0.1) is 6.92 Å². The Balaban J connectivity index is 1.87. The Bertz CT molecular complexity index is 1330. The molecule has 0 spiro atoms. The molecule has 3 aromatic rings. The molecule has 0 atom stereocenters. The molecule has 192 valence electrons. The first-order valence-electron chi connectivity index (χ1n) is 12.2. The van der Waals surface area contributed by atoms with Crippen molar-refractivity contribution in [2.75, 3.05) is 5.32 Å². The number of aliphatic hydroxyl groups excluding tert-OH is 1. The maximum absolute atomic E-state index is 11.0. The second-order valence-corrected chi connectivity index (χ2v) is 9.44. The Kier molecular flexibility index (Phi) is 9.98. The van der Waals surface area contributed by atoms with E-state index >= 15 is 0 Å². The minimum Gasteiger partial charge on any atom is -0.512 e. The number of carbonyl (C=O) groups is 1. The molecule has 0 aliphatic rings. The van der Waals surface area contributed by atoms with Crippen LogP contribution in [0.2, 0.25) is 0 Å². The summed E-state index contributed by atoms with van der Waals surface area (Å²) in [6.07, 6.45) is 11.7. The van der Waals surface area contributed by atoms with Crippen molar-refractivity contribution in [3.8, 4) is 10.7 Å². The minimum absolute atomic E-state index is 0.0125. The Morgan fingerprint density at radius 2 is 1.86 bits per heavy atom. The first-order chi connectivity index (χ1) is 17.8. The van der Waals surface area contributed by atoms with Crippen molar-refractivity contribution in [1.29, 1.82) is 0 Å². The molecule has 0 aliphatic carbocycles. The molecule has 37 heavy (non-hydrogen) atoms. The number of aliphatic carboxylic acids is 1. The van der Waals surface area contributed by atoms with Gasteiger partial charge in [0.15, 0.2) is 5.82 Å². The smallest absolute Gasteiger partial charge is 0.307 e. The van der Waals surface area contributed by atoms with E-state index in [9.17, 15) is 9.90 Å². The van der Waals surface area contributed by atoms with Crippen LogP contribution >= 0.6 is 11.3 Å². The van der Waals surface area contributed by atoms with E-state index in [0.717, 1.165) is 44.9 Å². The molecule has 7 heteroatoms. The number of hydrogen-bond donors (Lipinski definition) is 3. The molecule has 0 saturated heterocycles. The number of carboxylic acid groups (broad SMARTS) is 1. The van der Waals surface area contributed by atoms with Crippen molar-refractivity contribution in [2.24, 2.45) is 0 Å². The lowest BCUT2D eigenvalue weighted by atomic mass is 10.1. The Hall–Kier alpha value is -3.97. The molecule has 0 radical (unpaired) electrons. The van der Waals surface area contributed by atoms with Crippen molar-refractivity contribution in [3.05, 3.63) is 100 Å². The van der Waals surface area contributed by atoms with Gasteiger partial charge in [0.1, 0.15) is 5.82 Å². The second kappa shape index (κ2) is 13.4. The number of allylic oxidation sites excluding steroid dienone is 6. The highest BCUT2D eigenvalue weighted by atomic mass is 32.1. The summed E-state index contributed by atoms with van der Waals surface area (Å²) in [6.45, 7) is 9.84. The Morgan fingerprint density at radius 3 is 2.51 bits per heavy atom. The fraction of sp³-hybridized carbons (Fsp3) is 0.233. The molecule has 0 saturated carbocycles. The zero-order valence-electron chi connectivity index (χ0n) is 21.5. The average Bonchev–Trinajstić information content (AvgIpc) is 3.36. The summed E-state index contributed by atoms with van der Waals surface area (Å²) in [6, 6.07) is 9.38. The molecular formula is C30H33N3O3S. The molecule has 0 bridgehead atoms. The molecule has 1 aromatic carbocycles. The van der Waals surface area contributed by atoms with Gasteiger partial charge in [-0.1, -0.05) is 50.3 Å². The predicted molar refractivity (Wildman–Crippen MR) is 153 cm³/mol. The average molecular weight is 516 g/mol. The van der Waals surface area contributed by atoms with E-state index in [1.165, 1.54) is 0 Å². The third-order valence-corrected chi connectivity index (χ3v) is 6.67. The van der Waals surface area contributed by atoms with Crippen LogP contribution in [0.3, 0.4) is 0 Å². The van der Waals surface area contributed by atoms with Gasteiger partial charge in [0.05, 0.1) is 17.1 Å². The van der Waals surface area contributed by atoms with Gasteiger partial charge in [0.2, 0.25) is 0 Å². The highest BCUT2D eigenvalue weighted by molar-refractivity contribution is 7.13. The SMILES string of the molecule is C=CCc1c(C)nc(-c2cc(/C=C/C(=C/C=C(/O)CC)CC)cs2)nc1Nc1ccc(CC(=O)O)cc1. The quantitative estimate of drug-likeness (QED) is 0.129. The standard InChI is InChI=1S/C30H33N3O3S/c1-5-8-26-20(4)31-30(33-29(26)32-24-14-11-22(12-15-24)18-28(35)36)27-17-23(19-37-27)10-9-21(6-2)13-16-25(34)7-3/h5,9-17,19,34H,1,6-8,18H2,2-4H3,(H,35,36)(H,31,32,33)/b10-9+,21-13+,25-16+.